The Kier molecular flexibility index (Phi) is 7.54. The minimum absolute atomic E-state index is 0.429. The molecule has 0 unspecified atom stereocenters. The zero-order valence-corrected chi connectivity index (χ0v) is 20.9. The van der Waals surface area contributed by atoms with E-state index in [4.69, 9.17) is 21.1 Å². The van der Waals surface area contributed by atoms with E-state index in [2.05, 4.69) is 52.9 Å². The summed E-state index contributed by atoms with van der Waals surface area (Å²) in [6.45, 7) is 2.88. The van der Waals surface area contributed by atoms with Gasteiger partial charge in [0.15, 0.2) is 11.5 Å². The summed E-state index contributed by atoms with van der Waals surface area (Å²) in [5, 5.41) is 12.7. The number of hydrogen-bond acceptors (Lipinski definition) is 3. The maximum atomic E-state index is 9.71. The quantitative estimate of drug-likeness (QED) is 0.129. The van der Waals surface area contributed by atoms with Crippen LogP contribution < -0.4 is 9.47 Å². The van der Waals surface area contributed by atoms with Crippen molar-refractivity contribution in [3.8, 4) is 17.6 Å². The first kappa shape index (κ1) is 23.2. The van der Waals surface area contributed by atoms with Crippen LogP contribution in [0.5, 0.6) is 11.5 Å². The molecule has 4 rings (SSSR count). The molecular formula is C28H21ClINO2. The van der Waals surface area contributed by atoms with Gasteiger partial charge < -0.3 is 9.47 Å². The van der Waals surface area contributed by atoms with Crippen molar-refractivity contribution in [3.63, 3.8) is 0 Å². The van der Waals surface area contributed by atoms with Crippen molar-refractivity contribution in [1.29, 1.82) is 5.26 Å². The maximum Gasteiger partial charge on any atom is 0.175 e. The molecule has 0 N–H and O–H groups in total. The number of rotatable bonds is 7. The van der Waals surface area contributed by atoms with Crippen molar-refractivity contribution in [3.05, 3.63) is 104 Å². The zero-order valence-electron chi connectivity index (χ0n) is 18.0. The first-order valence-electron chi connectivity index (χ1n) is 10.5. The van der Waals surface area contributed by atoms with Gasteiger partial charge in [-0.2, -0.15) is 5.26 Å². The fraction of sp³-hybridized carbons (Fsp3) is 0.107. The summed E-state index contributed by atoms with van der Waals surface area (Å²) in [7, 11) is 0. The Balaban J connectivity index is 1.66. The van der Waals surface area contributed by atoms with Crippen LogP contribution in [0.1, 0.15) is 23.6 Å². The molecule has 3 nitrogen and oxygen atoms in total. The molecule has 33 heavy (non-hydrogen) atoms. The van der Waals surface area contributed by atoms with E-state index in [1.54, 1.807) is 12.1 Å². The van der Waals surface area contributed by atoms with Crippen LogP contribution in [0.3, 0.4) is 0 Å². The van der Waals surface area contributed by atoms with Crippen LogP contribution in [0.25, 0.3) is 22.4 Å². The Morgan fingerprint density at radius 1 is 1.00 bits per heavy atom. The lowest BCUT2D eigenvalue weighted by atomic mass is 10.0. The average molecular weight is 566 g/mol. The Morgan fingerprint density at radius 2 is 1.79 bits per heavy atom. The molecule has 0 aliphatic heterocycles. The molecule has 0 saturated carbocycles. The molecular weight excluding hydrogens is 545 g/mol. The number of halogens is 2. The number of ether oxygens (including phenoxy) is 2. The Bertz CT molecular complexity index is 1370. The summed E-state index contributed by atoms with van der Waals surface area (Å²) in [4.78, 5) is 0. The predicted octanol–water partition coefficient (Wildman–Crippen LogP) is 8.14. The van der Waals surface area contributed by atoms with Crippen molar-refractivity contribution in [2.24, 2.45) is 0 Å². The fourth-order valence-corrected chi connectivity index (χ4v) is 4.62. The molecule has 0 fully saturated rings. The monoisotopic (exact) mass is 565 g/mol. The van der Waals surface area contributed by atoms with Gasteiger partial charge in [0.05, 0.1) is 21.8 Å². The second-order valence-corrected chi connectivity index (χ2v) is 8.97. The maximum absolute atomic E-state index is 9.71. The van der Waals surface area contributed by atoms with Gasteiger partial charge >= 0.3 is 0 Å². The molecule has 0 bridgehead atoms. The molecule has 0 radical (unpaired) electrons. The van der Waals surface area contributed by atoms with Crippen LogP contribution in [0.2, 0.25) is 5.02 Å². The lowest BCUT2D eigenvalue weighted by Gasteiger charge is -2.16. The van der Waals surface area contributed by atoms with Crippen LogP contribution in [0.15, 0.2) is 78.9 Å². The summed E-state index contributed by atoms with van der Waals surface area (Å²) in [5.74, 6) is 1.35. The van der Waals surface area contributed by atoms with Crippen LogP contribution in [-0.2, 0) is 6.61 Å². The Hall–Kier alpha value is -3.01. The lowest BCUT2D eigenvalue weighted by molar-refractivity contribution is 0.268. The van der Waals surface area contributed by atoms with E-state index in [9.17, 15) is 5.26 Å². The summed E-state index contributed by atoms with van der Waals surface area (Å²) in [5.41, 5.74) is 3.27. The smallest absolute Gasteiger partial charge is 0.175 e. The fourth-order valence-electron chi connectivity index (χ4n) is 3.65. The van der Waals surface area contributed by atoms with E-state index < -0.39 is 0 Å². The number of nitriles is 1. The topological polar surface area (TPSA) is 42.2 Å². The number of allylic oxidation sites excluding steroid dienone is 1. The van der Waals surface area contributed by atoms with E-state index in [0.29, 0.717) is 35.3 Å². The van der Waals surface area contributed by atoms with Gasteiger partial charge in [-0.1, -0.05) is 66.2 Å². The zero-order chi connectivity index (χ0) is 23.2. The first-order valence-corrected chi connectivity index (χ1v) is 12.0. The predicted molar refractivity (Wildman–Crippen MR) is 144 cm³/mol. The minimum Gasteiger partial charge on any atom is -0.490 e. The van der Waals surface area contributed by atoms with Gasteiger partial charge in [0.25, 0.3) is 0 Å². The first-order chi connectivity index (χ1) is 16.1. The van der Waals surface area contributed by atoms with E-state index >= 15 is 0 Å². The number of benzene rings is 4. The minimum atomic E-state index is 0.429. The Morgan fingerprint density at radius 3 is 2.58 bits per heavy atom. The SMILES string of the molecule is CCOc1cc(/C=C(/C#N)c2cccc(Cl)c2)cc(I)c1OCc1cccc2ccccc12. The summed E-state index contributed by atoms with van der Waals surface area (Å²) in [6.07, 6.45) is 1.84. The van der Waals surface area contributed by atoms with Crippen molar-refractivity contribution >= 4 is 56.6 Å². The molecule has 0 aliphatic rings. The molecule has 4 aromatic rings. The Labute approximate surface area is 212 Å². The van der Waals surface area contributed by atoms with Crippen LogP contribution >= 0.6 is 34.2 Å². The number of nitrogens with zero attached hydrogens (tertiary/aromatic N) is 1. The average Bonchev–Trinajstić information content (AvgIpc) is 2.82. The molecule has 0 saturated heterocycles. The molecule has 0 atom stereocenters. The highest BCUT2D eigenvalue weighted by Gasteiger charge is 2.14. The van der Waals surface area contributed by atoms with Gasteiger partial charge in [-0.3, -0.25) is 0 Å². The third-order valence-electron chi connectivity index (χ3n) is 5.15. The standard InChI is InChI=1S/C28H21ClINO2/c1-2-32-27-15-19(13-23(17-31)21-9-6-11-24(29)16-21)14-26(30)28(27)33-18-22-10-5-8-20-7-3-4-12-25(20)22/h3-16H,2,18H2,1H3/b23-13-. The van der Waals surface area contributed by atoms with E-state index in [0.717, 1.165) is 20.3 Å². The molecule has 0 amide bonds. The van der Waals surface area contributed by atoms with Crippen molar-refractivity contribution in [1.82, 2.24) is 0 Å². The van der Waals surface area contributed by atoms with Gasteiger partial charge in [-0.25, -0.2) is 0 Å². The van der Waals surface area contributed by atoms with E-state index in [1.165, 1.54) is 10.8 Å². The van der Waals surface area contributed by atoms with Gasteiger partial charge in [-0.15, -0.1) is 0 Å². The van der Waals surface area contributed by atoms with Crippen LogP contribution in [-0.4, -0.2) is 6.61 Å². The molecule has 0 spiro atoms. The lowest BCUT2D eigenvalue weighted by Crippen LogP contribution is -2.02. The van der Waals surface area contributed by atoms with Gasteiger partial charge in [0, 0.05) is 5.02 Å². The molecule has 0 aromatic heterocycles. The van der Waals surface area contributed by atoms with E-state index in [1.807, 2.05) is 55.5 Å². The van der Waals surface area contributed by atoms with Crippen LogP contribution in [0, 0.1) is 14.9 Å². The van der Waals surface area contributed by atoms with Gasteiger partial charge in [0.2, 0.25) is 0 Å². The largest absolute Gasteiger partial charge is 0.490 e. The second kappa shape index (κ2) is 10.7. The summed E-state index contributed by atoms with van der Waals surface area (Å²) in [6, 6.07) is 28.0. The molecule has 0 aliphatic carbocycles. The second-order valence-electron chi connectivity index (χ2n) is 7.37. The number of fused-ring (bicyclic) bond motifs is 1. The van der Waals surface area contributed by atoms with Crippen molar-refractivity contribution < 1.29 is 9.47 Å². The highest BCUT2D eigenvalue weighted by Crippen LogP contribution is 2.36. The molecule has 0 heterocycles. The normalized spacial score (nSPS) is 11.3. The third kappa shape index (κ3) is 5.50. The molecule has 164 valence electrons. The highest BCUT2D eigenvalue weighted by molar-refractivity contribution is 14.1. The molecule has 5 heteroatoms. The van der Waals surface area contributed by atoms with Gasteiger partial charge in [0.1, 0.15) is 6.61 Å². The van der Waals surface area contributed by atoms with Gasteiger partial charge in [-0.05, 0) is 87.3 Å². The van der Waals surface area contributed by atoms with E-state index in [-0.39, 0.29) is 0 Å². The van der Waals surface area contributed by atoms with Crippen molar-refractivity contribution in [2.75, 3.05) is 6.61 Å². The highest BCUT2D eigenvalue weighted by atomic mass is 127. The summed E-state index contributed by atoms with van der Waals surface area (Å²) >= 11 is 8.36. The number of hydrogen-bond donors (Lipinski definition) is 0. The third-order valence-corrected chi connectivity index (χ3v) is 6.19. The molecule has 4 aromatic carbocycles. The van der Waals surface area contributed by atoms with Crippen molar-refractivity contribution in [2.45, 2.75) is 13.5 Å². The van der Waals surface area contributed by atoms with Crippen LogP contribution in [0.4, 0.5) is 0 Å². The summed E-state index contributed by atoms with van der Waals surface area (Å²) < 4.78 is 13.1.